The van der Waals surface area contributed by atoms with Crippen molar-refractivity contribution in [3.05, 3.63) is 68.4 Å². The molecule has 0 bridgehead atoms. The Morgan fingerprint density at radius 2 is 1.89 bits per heavy atom. The first-order chi connectivity index (χ1) is 8.97. The predicted molar refractivity (Wildman–Crippen MR) is 78.3 cm³/mol. The highest BCUT2D eigenvalue weighted by molar-refractivity contribution is 9.10. The van der Waals surface area contributed by atoms with Crippen LogP contribution in [0, 0.1) is 12.7 Å². The van der Waals surface area contributed by atoms with E-state index in [1.54, 1.807) is 0 Å². The molecular formula is C15H11BrClFO. The average Bonchev–Trinajstić information content (AvgIpc) is 2.36. The molecule has 2 aromatic rings. The predicted octanol–water partition coefficient (Wildman–Crippen LogP) is 4.98. The van der Waals surface area contributed by atoms with Crippen LogP contribution in [0.5, 0.6) is 0 Å². The zero-order valence-electron chi connectivity index (χ0n) is 10.2. The lowest BCUT2D eigenvalue weighted by Crippen LogP contribution is -2.06. The van der Waals surface area contributed by atoms with Gasteiger partial charge in [-0.15, -0.1) is 0 Å². The number of hydrogen-bond donors (Lipinski definition) is 0. The van der Waals surface area contributed by atoms with Gasteiger partial charge in [0.25, 0.3) is 0 Å². The minimum Gasteiger partial charge on any atom is -0.294 e. The monoisotopic (exact) mass is 340 g/mol. The maximum atomic E-state index is 13.7. The van der Waals surface area contributed by atoms with Crippen molar-refractivity contribution < 1.29 is 9.18 Å². The van der Waals surface area contributed by atoms with Crippen LogP contribution in [-0.4, -0.2) is 5.78 Å². The van der Waals surface area contributed by atoms with Gasteiger partial charge in [0.2, 0.25) is 0 Å². The number of carbonyl (C=O) groups excluding carboxylic acids is 1. The molecule has 0 aliphatic rings. The third-order valence-corrected chi connectivity index (χ3v) is 3.99. The van der Waals surface area contributed by atoms with E-state index in [0.717, 1.165) is 11.1 Å². The molecule has 1 nitrogen and oxygen atoms in total. The Hall–Kier alpha value is -1.19. The van der Waals surface area contributed by atoms with E-state index in [0.29, 0.717) is 9.50 Å². The van der Waals surface area contributed by atoms with Crippen molar-refractivity contribution in [2.45, 2.75) is 13.3 Å². The van der Waals surface area contributed by atoms with Gasteiger partial charge in [-0.3, -0.25) is 4.79 Å². The van der Waals surface area contributed by atoms with Gasteiger partial charge in [-0.1, -0.05) is 41.4 Å². The van der Waals surface area contributed by atoms with E-state index in [1.807, 2.05) is 31.2 Å². The molecule has 0 saturated carbocycles. The van der Waals surface area contributed by atoms with Crippen LogP contribution in [-0.2, 0) is 6.42 Å². The smallest absolute Gasteiger partial charge is 0.170 e. The molecule has 0 radical (unpaired) electrons. The van der Waals surface area contributed by atoms with Crippen LogP contribution in [0.25, 0.3) is 0 Å². The van der Waals surface area contributed by atoms with Crippen LogP contribution in [0.15, 0.2) is 40.9 Å². The van der Waals surface area contributed by atoms with Gasteiger partial charge in [-0.2, -0.15) is 0 Å². The van der Waals surface area contributed by atoms with Crippen LogP contribution in [0.4, 0.5) is 4.39 Å². The summed E-state index contributed by atoms with van der Waals surface area (Å²) in [6.07, 6.45) is 0.162. The van der Waals surface area contributed by atoms with Crippen molar-refractivity contribution in [1.29, 1.82) is 0 Å². The summed E-state index contributed by atoms with van der Waals surface area (Å²) in [5, 5.41) is 0.327. The molecule has 2 aromatic carbocycles. The SMILES string of the molecule is Cc1ccc(CC(=O)c2cc(Cl)c(Br)cc2F)cc1. The molecule has 0 saturated heterocycles. The lowest BCUT2D eigenvalue weighted by atomic mass is 10.0. The second-order valence-corrected chi connectivity index (χ2v) is 5.59. The van der Waals surface area contributed by atoms with Crippen LogP contribution in [0.1, 0.15) is 21.5 Å². The van der Waals surface area contributed by atoms with Gasteiger partial charge < -0.3 is 0 Å². The van der Waals surface area contributed by atoms with Crippen LogP contribution >= 0.6 is 27.5 Å². The van der Waals surface area contributed by atoms with Gasteiger partial charge in [0.15, 0.2) is 5.78 Å². The second kappa shape index (κ2) is 5.85. The molecule has 4 heteroatoms. The maximum Gasteiger partial charge on any atom is 0.170 e. The van der Waals surface area contributed by atoms with Crippen LogP contribution < -0.4 is 0 Å². The minimum atomic E-state index is -0.562. The Balaban J connectivity index is 2.25. The quantitative estimate of drug-likeness (QED) is 0.569. The second-order valence-electron chi connectivity index (χ2n) is 4.33. The van der Waals surface area contributed by atoms with E-state index in [4.69, 9.17) is 11.6 Å². The molecule has 19 heavy (non-hydrogen) atoms. The highest BCUT2D eigenvalue weighted by Gasteiger charge is 2.14. The molecular weight excluding hydrogens is 331 g/mol. The van der Waals surface area contributed by atoms with E-state index in [-0.39, 0.29) is 17.8 Å². The summed E-state index contributed by atoms with van der Waals surface area (Å²) in [4.78, 5) is 12.1. The zero-order chi connectivity index (χ0) is 14.0. The zero-order valence-corrected chi connectivity index (χ0v) is 12.6. The van der Waals surface area contributed by atoms with Gasteiger partial charge in [0.05, 0.1) is 10.6 Å². The van der Waals surface area contributed by atoms with E-state index >= 15 is 0 Å². The molecule has 0 aromatic heterocycles. The van der Waals surface area contributed by atoms with E-state index in [1.165, 1.54) is 12.1 Å². The van der Waals surface area contributed by atoms with Gasteiger partial charge in [0.1, 0.15) is 5.82 Å². The molecule has 0 amide bonds. The average molecular weight is 342 g/mol. The molecule has 0 spiro atoms. The highest BCUT2D eigenvalue weighted by Crippen LogP contribution is 2.26. The first-order valence-corrected chi connectivity index (χ1v) is 6.88. The van der Waals surface area contributed by atoms with Gasteiger partial charge in [-0.25, -0.2) is 4.39 Å². The minimum absolute atomic E-state index is 0.0220. The Morgan fingerprint density at radius 3 is 2.53 bits per heavy atom. The number of ketones is 1. The third-order valence-electron chi connectivity index (χ3n) is 2.80. The Bertz CT molecular complexity index is 623. The molecule has 0 heterocycles. The van der Waals surface area contributed by atoms with Crippen molar-refractivity contribution in [3.8, 4) is 0 Å². The summed E-state index contributed by atoms with van der Waals surface area (Å²) in [6.45, 7) is 1.97. The Morgan fingerprint density at radius 1 is 1.26 bits per heavy atom. The normalized spacial score (nSPS) is 10.5. The summed E-state index contributed by atoms with van der Waals surface area (Å²) >= 11 is 9.01. The lowest BCUT2D eigenvalue weighted by molar-refractivity contribution is 0.0989. The fraction of sp³-hybridized carbons (Fsp3) is 0.133. The Kier molecular flexibility index (Phi) is 4.38. The molecule has 0 aliphatic carbocycles. The third kappa shape index (κ3) is 3.43. The van der Waals surface area contributed by atoms with E-state index < -0.39 is 5.82 Å². The lowest BCUT2D eigenvalue weighted by Gasteiger charge is -2.05. The van der Waals surface area contributed by atoms with Crippen LogP contribution in [0.3, 0.4) is 0 Å². The van der Waals surface area contributed by atoms with Gasteiger partial charge in [-0.05, 0) is 40.5 Å². The standard InChI is InChI=1S/C15H11BrClFO/c1-9-2-4-10(5-3-9)6-15(19)11-7-13(17)12(16)8-14(11)18/h2-5,7-8H,6H2,1H3. The number of Topliss-reactive ketones (excluding diaryl/α,β-unsaturated/α-hetero) is 1. The number of aryl methyl sites for hydroxylation is 1. The maximum absolute atomic E-state index is 13.7. The fourth-order valence-electron chi connectivity index (χ4n) is 1.72. The molecule has 0 unspecified atom stereocenters. The van der Waals surface area contributed by atoms with Crippen molar-refractivity contribution in [2.75, 3.05) is 0 Å². The summed E-state index contributed by atoms with van der Waals surface area (Å²) in [6, 6.07) is 10.2. The molecule has 0 N–H and O–H groups in total. The Labute approximate surface area is 124 Å². The van der Waals surface area contributed by atoms with Crippen molar-refractivity contribution in [1.82, 2.24) is 0 Å². The number of carbonyl (C=O) groups is 1. The topological polar surface area (TPSA) is 17.1 Å². The van der Waals surface area contributed by atoms with Crippen LogP contribution in [0.2, 0.25) is 5.02 Å². The van der Waals surface area contributed by atoms with Gasteiger partial charge >= 0.3 is 0 Å². The highest BCUT2D eigenvalue weighted by atomic mass is 79.9. The van der Waals surface area contributed by atoms with Crippen molar-refractivity contribution >= 4 is 33.3 Å². The number of benzene rings is 2. The summed E-state index contributed by atoms with van der Waals surface area (Å²) < 4.78 is 14.2. The molecule has 2 rings (SSSR count). The summed E-state index contributed by atoms with van der Waals surface area (Å²) in [7, 11) is 0. The number of hydrogen-bond acceptors (Lipinski definition) is 1. The first-order valence-electron chi connectivity index (χ1n) is 5.70. The van der Waals surface area contributed by atoms with Crippen molar-refractivity contribution in [2.24, 2.45) is 0 Å². The van der Waals surface area contributed by atoms with Crippen molar-refractivity contribution in [3.63, 3.8) is 0 Å². The first kappa shape index (κ1) is 14.2. The molecule has 0 aliphatic heterocycles. The molecule has 0 fully saturated rings. The van der Waals surface area contributed by atoms with E-state index in [2.05, 4.69) is 15.9 Å². The summed E-state index contributed by atoms with van der Waals surface area (Å²) in [5.41, 5.74) is 2.00. The molecule has 0 atom stereocenters. The number of halogens is 3. The fourth-order valence-corrected chi connectivity index (χ4v) is 2.20. The largest absolute Gasteiger partial charge is 0.294 e. The molecule has 98 valence electrons. The van der Waals surface area contributed by atoms with E-state index in [9.17, 15) is 9.18 Å². The number of rotatable bonds is 3. The van der Waals surface area contributed by atoms with Gasteiger partial charge in [0, 0.05) is 10.9 Å². The summed E-state index contributed by atoms with van der Waals surface area (Å²) in [5.74, 6) is -0.843.